The minimum atomic E-state index is -2.56. The van der Waals surface area contributed by atoms with Gasteiger partial charge in [-0.3, -0.25) is 0 Å². The van der Waals surface area contributed by atoms with E-state index in [9.17, 15) is 0 Å². The lowest BCUT2D eigenvalue weighted by atomic mass is 10.1. The van der Waals surface area contributed by atoms with Crippen molar-refractivity contribution in [1.29, 1.82) is 0 Å². The molecule has 1 fully saturated rings. The Bertz CT molecular complexity index is 212. The van der Waals surface area contributed by atoms with E-state index in [-0.39, 0.29) is 6.42 Å². The maximum Gasteiger partial charge on any atom is 0.275 e. The Morgan fingerprint density at radius 3 is 2.37 bits per heavy atom. The van der Waals surface area contributed by atoms with Gasteiger partial charge in [0.05, 0.1) is 0 Å². The molecule has 1 rings (SSSR count). The number of hydrogen-bond donors (Lipinski definition) is 6. The highest BCUT2D eigenvalue weighted by Gasteiger charge is 2.17. The Morgan fingerprint density at radius 2 is 1.63 bits per heavy atom. The fraction of sp³-hybridized carbons (Fsp3) is 1.00. The van der Waals surface area contributed by atoms with Crippen LogP contribution >= 0.6 is 0 Å². The van der Waals surface area contributed by atoms with Gasteiger partial charge in [-0.2, -0.15) is 11.1 Å². The first-order chi connectivity index (χ1) is 9.08. The van der Waals surface area contributed by atoms with Gasteiger partial charge in [-0.1, -0.05) is 25.7 Å². The first kappa shape index (κ1) is 16.8. The molecule has 0 amide bonds. The number of aliphatic hydroxyl groups is 3. The van der Waals surface area contributed by atoms with Crippen LogP contribution in [-0.2, 0) is 0 Å². The zero-order valence-electron chi connectivity index (χ0n) is 11.6. The van der Waals surface area contributed by atoms with Crippen LogP contribution in [0.25, 0.3) is 0 Å². The summed E-state index contributed by atoms with van der Waals surface area (Å²) in [6, 6.07) is 0. The summed E-state index contributed by atoms with van der Waals surface area (Å²) < 4.78 is 0. The fourth-order valence-corrected chi connectivity index (χ4v) is 2.13. The minimum absolute atomic E-state index is 0.0569. The minimum Gasteiger partial charge on any atom is -0.344 e. The highest BCUT2D eigenvalue weighted by molar-refractivity contribution is 4.57. The van der Waals surface area contributed by atoms with Gasteiger partial charge in [-0.15, -0.1) is 0 Å². The Labute approximate surface area is 114 Å². The van der Waals surface area contributed by atoms with E-state index < -0.39 is 5.97 Å². The van der Waals surface area contributed by atoms with E-state index in [1.54, 1.807) is 0 Å². The Hall–Kier alpha value is -0.280. The average Bonchev–Trinajstić information content (AvgIpc) is 2.30. The third-order valence-corrected chi connectivity index (χ3v) is 3.22. The Balaban J connectivity index is 2.22. The van der Waals surface area contributed by atoms with E-state index in [0.29, 0.717) is 13.0 Å². The molecule has 1 saturated heterocycles. The zero-order chi connectivity index (χ0) is 14.0. The second kappa shape index (κ2) is 9.60. The monoisotopic (exact) mass is 276 g/mol. The predicted molar refractivity (Wildman–Crippen MR) is 72.2 cm³/mol. The average molecular weight is 276 g/mol. The van der Waals surface area contributed by atoms with Gasteiger partial charge < -0.3 is 15.3 Å². The second-order valence-corrected chi connectivity index (χ2v) is 5.15. The van der Waals surface area contributed by atoms with Crippen molar-refractivity contribution in [2.75, 3.05) is 19.6 Å². The highest BCUT2D eigenvalue weighted by Crippen LogP contribution is 2.08. The lowest BCUT2D eigenvalue weighted by Gasteiger charge is -2.25. The Morgan fingerprint density at radius 1 is 0.947 bits per heavy atom. The molecule has 7 nitrogen and oxygen atoms in total. The van der Waals surface area contributed by atoms with Crippen molar-refractivity contribution in [3.8, 4) is 0 Å². The largest absolute Gasteiger partial charge is 0.344 e. The van der Waals surface area contributed by atoms with E-state index in [1.807, 2.05) is 5.01 Å². The summed E-state index contributed by atoms with van der Waals surface area (Å²) in [6.07, 6.45) is 7.76. The SMILES string of the molecule is OC(O)(O)CCCN1CCCCCCCCNNN1. The number of nitrogens with zero attached hydrogens (tertiary/aromatic N) is 1. The van der Waals surface area contributed by atoms with Gasteiger partial charge in [-0.25, -0.2) is 10.4 Å². The third-order valence-electron chi connectivity index (χ3n) is 3.22. The molecule has 114 valence electrons. The van der Waals surface area contributed by atoms with Crippen LogP contribution < -0.4 is 16.5 Å². The van der Waals surface area contributed by atoms with E-state index >= 15 is 0 Å². The lowest BCUT2D eigenvalue weighted by molar-refractivity contribution is -0.315. The van der Waals surface area contributed by atoms with Crippen LogP contribution in [0.2, 0.25) is 0 Å². The van der Waals surface area contributed by atoms with Gasteiger partial charge in [0, 0.05) is 26.1 Å². The van der Waals surface area contributed by atoms with Crippen molar-refractivity contribution < 1.29 is 15.3 Å². The second-order valence-electron chi connectivity index (χ2n) is 5.15. The van der Waals surface area contributed by atoms with Crippen molar-refractivity contribution in [2.24, 2.45) is 0 Å². The molecule has 19 heavy (non-hydrogen) atoms. The fourth-order valence-electron chi connectivity index (χ4n) is 2.13. The molecule has 0 radical (unpaired) electrons. The van der Waals surface area contributed by atoms with Crippen LogP contribution in [0.5, 0.6) is 0 Å². The van der Waals surface area contributed by atoms with Crippen LogP contribution in [0.3, 0.4) is 0 Å². The molecule has 0 saturated carbocycles. The topological polar surface area (TPSA) is 100 Å². The van der Waals surface area contributed by atoms with Crippen LogP contribution in [0.15, 0.2) is 0 Å². The van der Waals surface area contributed by atoms with Crippen LogP contribution in [0.1, 0.15) is 51.4 Å². The highest BCUT2D eigenvalue weighted by atomic mass is 16.7. The molecule has 7 heteroatoms. The number of rotatable bonds is 4. The third kappa shape index (κ3) is 10.2. The smallest absolute Gasteiger partial charge is 0.275 e. The Kier molecular flexibility index (Phi) is 8.47. The van der Waals surface area contributed by atoms with Crippen LogP contribution in [-0.4, -0.2) is 45.9 Å². The molecule has 0 bridgehead atoms. The summed E-state index contributed by atoms with van der Waals surface area (Å²) in [6.45, 7) is 2.45. The molecule has 6 N–H and O–H groups in total. The summed E-state index contributed by atoms with van der Waals surface area (Å²) in [4.78, 5) is 0. The van der Waals surface area contributed by atoms with Crippen molar-refractivity contribution >= 4 is 0 Å². The summed E-state index contributed by atoms with van der Waals surface area (Å²) in [5.41, 5.74) is 9.08. The number of hydrogen-bond acceptors (Lipinski definition) is 7. The molecular formula is C12H28N4O3. The van der Waals surface area contributed by atoms with Crippen molar-refractivity contribution in [1.82, 2.24) is 21.5 Å². The maximum absolute atomic E-state index is 8.84. The van der Waals surface area contributed by atoms with E-state index in [0.717, 1.165) is 25.9 Å². The summed E-state index contributed by atoms with van der Waals surface area (Å²) >= 11 is 0. The molecule has 0 unspecified atom stereocenters. The summed E-state index contributed by atoms with van der Waals surface area (Å²) in [5.74, 6) is -2.56. The van der Waals surface area contributed by atoms with Gasteiger partial charge in [0.1, 0.15) is 0 Å². The molecule has 1 aliphatic heterocycles. The molecule has 0 aliphatic carbocycles. The van der Waals surface area contributed by atoms with Gasteiger partial charge in [0.25, 0.3) is 5.97 Å². The summed E-state index contributed by atoms with van der Waals surface area (Å²) in [5, 5.41) is 28.5. The lowest BCUT2D eigenvalue weighted by Crippen LogP contribution is -2.53. The predicted octanol–water partition coefficient (Wildman–Crippen LogP) is -0.433. The molecule has 0 spiro atoms. The van der Waals surface area contributed by atoms with Gasteiger partial charge in [0.15, 0.2) is 0 Å². The van der Waals surface area contributed by atoms with Crippen molar-refractivity contribution in [3.05, 3.63) is 0 Å². The van der Waals surface area contributed by atoms with Crippen molar-refractivity contribution in [2.45, 2.75) is 57.3 Å². The van der Waals surface area contributed by atoms with Gasteiger partial charge in [0.2, 0.25) is 0 Å². The first-order valence-electron chi connectivity index (χ1n) is 7.23. The normalized spacial score (nSPS) is 21.6. The molecular weight excluding hydrogens is 248 g/mol. The molecule has 1 heterocycles. The van der Waals surface area contributed by atoms with Gasteiger partial charge >= 0.3 is 0 Å². The first-order valence-corrected chi connectivity index (χ1v) is 7.23. The van der Waals surface area contributed by atoms with Gasteiger partial charge in [-0.05, 0) is 19.3 Å². The maximum atomic E-state index is 8.84. The number of nitrogens with one attached hydrogen (secondary N) is 3. The molecule has 0 atom stereocenters. The molecule has 0 aromatic carbocycles. The van der Waals surface area contributed by atoms with Crippen LogP contribution in [0.4, 0.5) is 0 Å². The van der Waals surface area contributed by atoms with E-state index in [1.165, 1.54) is 25.7 Å². The van der Waals surface area contributed by atoms with E-state index in [4.69, 9.17) is 15.3 Å². The van der Waals surface area contributed by atoms with E-state index in [2.05, 4.69) is 16.5 Å². The molecule has 1 aliphatic rings. The van der Waals surface area contributed by atoms with Crippen molar-refractivity contribution in [3.63, 3.8) is 0 Å². The number of hydrazine groups is 3. The molecule has 0 aromatic rings. The summed E-state index contributed by atoms with van der Waals surface area (Å²) in [7, 11) is 0. The van der Waals surface area contributed by atoms with Crippen LogP contribution in [0, 0.1) is 0 Å². The zero-order valence-corrected chi connectivity index (χ0v) is 11.6. The standard InChI is InChI=1S/C12H28N4O3/c17-12(18,19)8-7-11-16-10-6-4-2-1-3-5-9-13-14-15-16/h13-15,17-19H,1-11H2. The quantitative estimate of drug-likeness (QED) is 0.387. The molecule has 0 aromatic heterocycles.